The van der Waals surface area contributed by atoms with Gasteiger partial charge >= 0.3 is 6.18 Å². The number of aryl methyl sites for hydroxylation is 2. The molecule has 1 aromatic carbocycles. The number of rotatable bonds is 5. The van der Waals surface area contributed by atoms with Crippen LogP contribution in [0.3, 0.4) is 0 Å². The van der Waals surface area contributed by atoms with Crippen LogP contribution >= 0.6 is 24.0 Å². The Labute approximate surface area is 170 Å². The quantitative estimate of drug-likeness (QED) is 0.383. The van der Waals surface area contributed by atoms with Crippen LogP contribution in [-0.4, -0.2) is 56.3 Å². The zero-order chi connectivity index (χ0) is 18.4. The van der Waals surface area contributed by atoms with Gasteiger partial charge in [0.25, 0.3) is 0 Å². The van der Waals surface area contributed by atoms with Gasteiger partial charge in [0, 0.05) is 32.7 Å². The van der Waals surface area contributed by atoms with E-state index in [2.05, 4.69) is 47.7 Å². The second-order valence-electron chi connectivity index (χ2n) is 6.66. The molecule has 0 saturated carbocycles. The molecule has 1 aliphatic heterocycles. The SMILES string of the molecule is CN=C(NCCc1ccc(C)cc1C)NC1CCN(CC(F)(F)F)C1.I. The maximum atomic E-state index is 12.5. The van der Waals surface area contributed by atoms with Crippen molar-refractivity contribution in [3.05, 3.63) is 34.9 Å². The highest BCUT2D eigenvalue weighted by Gasteiger charge is 2.34. The Morgan fingerprint density at radius 3 is 2.65 bits per heavy atom. The van der Waals surface area contributed by atoms with Gasteiger partial charge in [-0.3, -0.25) is 9.89 Å². The third kappa shape index (κ3) is 7.69. The summed E-state index contributed by atoms with van der Waals surface area (Å²) in [5.74, 6) is 0.642. The van der Waals surface area contributed by atoms with E-state index in [1.807, 2.05) is 0 Å². The molecule has 1 aromatic rings. The van der Waals surface area contributed by atoms with Crippen molar-refractivity contribution in [1.29, 1.82) is 0 Å². The highest BCUT2D eigenvalue weighted by molar-refractivity contribution is 14.0. The zero-order valence-corrected chi connectivity index (χ0v) is 17.8. The van der Waals surface area contributed by atoms with Crippen LogP contribution in [-0.2, 0) is 6.42 Å². The smallest absolute Gasteiger partial charge is 0.356 e. The first kappa shape index (κ1) is 23.0. The lowest BCUT2D eigenvalue weighted by molar-refractivity contribution is -0.143. The monoisotopic (exact) mass is 484 g/mol. The van der Waals surface area contributed by atoms with Crippen molar-refractivity contribution >= 4 is 29.9 Å². The first-order chi connectivity index (χ1) is 11.8. The number of likely N-dealkylation sites (tertiary alicyclic amines) is 1. The molecular formula is C18H28F3IN4. The first-order valence-electron chi connectivity index (χ1n) is 8.59. The van der Waals surface area contributed by atoms with Gasteiger partial charge in [0.2, 0.25) is 0 Å². The molecule has 1 unspecified atom stereocenters. The molecule has 0 radical (unpaired) electrons. The molecule has 2 rings (SSSR count). The third-order valence-corrected chi connectivity index (χ3v) is 4.42. The summed E-state index contributed by atoms with van der Waals surface area (Å²) >= 11 is 0. The highest BCUT2D eigenvalue weighted by atomic mass is 127. The van der Waals surface area contributed by atoms with Crippen LogP contribution in [0.25, 0.3) is 0 Å². The maximum Gasteiger partial charge on any atom is 0.401 e. The molecule has 4 nitrogen and oxygen atoms in total. The molecule has 1 fully saturated rings. The zero-order valence-electron chi connectivity index (χ0n) is 15.5. The van der Waals surface area contributed by atoms with Crippen molar-refractivity contribution in [2.45, 2.75) is 38.9 Å². The first-order valence-corrected chi connectivity index (χ1v) is 8.59. The molecule has 1 heterocycles. The Morgan fingerprint density at radius 1 is 1.31 bits per heavy atom. The van der Waals surface area contributed by atoms with E-state index in [0.717, 1.165) is 13.0 Å². The molecule has 1 aliphatic rings. The lowest BCUT2D eigenvalue weighted by atomic mass is 10.0. The van der Waals surface area contributed by atoms with Gasteiger partial charge in [-0.25, -0.2) is 0 Å². The molecular weight excluding hydrogens is 456 g/mol. The minimum Gasteiger partial charge on any atom is -0.356 e. The number of halogens is 4. The molecule has 26 heavy (non-hydrogen) atoms. The summed E-state index contributed by atoms with van der Waals surface area (Å²) in [7, 11) is 1.68. The van der Waals surface area contributed by atoms with Gasteiger partial charge in [0.15, 0.2) is 5.96 Å². The van der Waals surface area contributed by atoms with Crippen LogP contribution in [0, 0.1) is 13.8 Å². The van der Waals surface area contributed by atoms with Crippen LogP contribution in [0.4, 0.5) is 13.2 Å². The number of hydrogen-bond donors (Lipinski definition) is 2. The highest BCUT2D eigenvalue weighted by Crippen LogP contribution is 2.19. The summed E-state index contributed by atoms with van der Waals surface area (Å²) in [5.41, 5.74) is 3.80. The van der Waals surface area contributed by atoms with E-state index in [0.29, 0.717) is 25.5 Å². The molecule has 0 amide bonds. The van der Waals surface area contributed by atoms with Crippen molar-refractivity contribution in [3.63, 3.8) is 0 Å². The minimum atomic E-state index is -4.14. The van der Waals surface area contributed by atoms with Crippen molar-refractivity contribution in [3.8, 4) is 0 Å². The number of guanidine groups is 1. The van der Waals surface area contributed by atoms with Crippen molar-refractivity contribution in [2.24, 2.45) is 4.99 Å². The summed E-state index contributed by atoms with van der Waals surface area (Å²) in [6, 6.07) is 6.39. The number of hydrogen-bond acceptors (Lipinski definition) is 2. The second kappa shape index (κ2) is 10.3. The van der Waals surface area contributed by atoms with Crippen molar-refractivity contribution < 1.29 is 13.2 Å². The van der Waals surface area contributed by atoms with Gasteiger partial charge in [-0.05, 0) is 37.8 Å². The van der Waals surface area contributed by atoms with Gasteiger partial charge in [-0.15, -0.1) is 24.0 Å². The van der Waals surface area contributed by atoms with Crippen molar-refractivity contribution in [1.82, 2.24) is 15.5 Å². The number of nitrogens with zero attached hydrogens (tertiary/aromatic N) is 2. The second-order valence-corrected chi connectivity index (χ2v) is 6.66. The Morgan fingerprint density at radius 2 is 2.04 bits per heavy atom. The summed E-state index contributed by atoms with van der Waals surface area (Å²) in [5, 5.41) is 6.47. The van der Waals surface area contributed by atoms with Gasteiger partial charge in [0.1, 0.15) is 0 Å². The average molecular weight is 484 g/mol. The summed E-state index contributed by atoms with van der Waals surface area (Å²) in [6.07, 6.45) is -2.58. The molecule has 0 aromatic heterocycles. The average Bonchev–Trinajstić information content (AvgIpc) is 2.93. The van der Waals surface area contributed by atoms with E-state index < -0.39 is 12.7 Å². The van der Waals surface area contributed by atoms with Crippen molar-refractivity contribution in [2.75, 3.05) is 33.2 Å². The van der Waals surface area contributed by atoms with Gasteiger partial charge in [-0.2, -0.15) is 13.2 Å². The van der Waals surface area contributed by atoms with Crippen LogP contribution in [0.2, 0.25) is 0 Å². The molecule has 1 atom stereocenters. The summed E-state index contributed by atoms with van der Waals surface area (Å²) < 4.78 is 37.4. The predicted octanol–water partition coefficient (Wildman–Crippen LogP) is 3.27. The molecule has 0 bridgehead atoms. The molecule has 0 aliphatic carbocycles. The number of benzene rings is 1. The Kier molecular flexibility index (Phi) is 9.15. The fraction of sp³-hybridized carbons (Fsp3) is 0.611. The van der Waals surface area contributed by atoms with Crippen LogP contribution in [0.5, 0.6) is 0 Å². The topological polar surface area (TPSA) is 39.7 Å². The predicted molar refractivity (Wildman–Crippen MR) is 110 cm³/mol. The number of nitrogens with one attached hydrogen (secondary N) is 2. The minimum absolute atomic E-state index is 0. The largest absolute Gasteiger partial charge is 0.401 e. The van der Waals surface area contributed by atoms with E-state index in [1.54, 1.807) is 7.05 Å². The molecule has 0 spiro atoms. The van der Waals surface area contributed by atoms with Crippen LogP contribution in [0.15, 0.2) is 23.2 Å². The molecule has 148 valence electrons. The third-order valence-electron chi connectivity index (χ3n) is 4.42. The summed E-state index contributed by atoms with van der Waals surface area (Å²) in [6.45, 7) is 4.90. The van der Waals surface area contributed by atoms with E-state index >= 15 is 0 Å². The van der Waals surface area contributed by atoms with E-state index in [4.69, 9.17) is 0 Å². The Balaban J connectivity index is 0.00000338. The van der Waals surface area contributed by atoms with Crippen LogP contribution < -0.4 is 10.6 Å². The summed E-state index contributed by atoms with van der Waals surface area (Å²) in [4.78, 5) is 5.60. The molecule has 8 heteroatoms. The number of alkyl halides is 3. The Bertz CT molecular complexity index is 605. The van der Waals surface area contributed by atoms with E-state index in [-0.39, 0.29) is 30.0 Å². The fourth-order valence-electron chi connectivity index (χ4n) is 3.18. The molecule has 2 N–H and O–H groups in total. The number of aliphatic imine (C=N–C) groups is 1. The normalized spacial score (nSPS) is 18.5. The molecule has 1 saturated heterocycles. The maximum absolute atomic E-state index is 12.5. The van der Waals surface area contributed by atoms with E-state index in [9.17, 15) is 13.2 Å². The van der Waals surface area contributed by atoms with E-state index in [1.165, 1.54) is 21.6 Å². The lowest BCUT2D eigenvalue weighted by Gasteiger charge is -2.20. The lowest BCUT2D eigenvalue weighted by Crippen LogP contribution is -2.45. The van der Waals surface area contributed by atoms with Gasteiger partial charge in [-0.1, -0.05) is 23.8 Å². The van der Waals surface area contributed by atoms with Crippen LogP contribution in [0.1, 0.15) is 23.1 Å². The Hall–Kier alpha value is -1.03. The van der Waals surface area contributed by atoms with Gasteiger partial charge < -0.3 is 10.6 Å². The fourth-order valence-corrected chi connectivity index (χ4v) is 3.18. The standard InChI is InChI=1S/C18H27F3N4.HI/c1-13-4-5-15(14(2)10-13)6-8-23-17(22-3)24-16-7-9-25(11-16)12-18(19,20)21;/h4-5,10,16H,6-9,11-12H2,1-3H3,(H2,22,23,24);1H. The van der Waals surface area contributed by atoms with Gasteiger partial charge in [0.05, 0.1) is 6.54 Å².